The van der Waals surface area contributed by atoms with E-state index in [0.717, 1.165) is 10.4 Å². The lowest BCUT2D eigenvalue weighted by Gasteiger charge is -2.27. The van der Waals surface area contributed by atoms with Crippen LogP contribution in [0.1, 0.15) is 31.2 Å². The Labute approximate surface area is 145 Å². The Bertz CT molecular complexity index is 749. The number of rotatable bonds is 3. The minimum Gasteiger partial charge on any atom is -0.378 e. The number of benzene rings is 1. The third kappa shape index (κ3) is 3.34. The number of aryl methyl sites for hydroxylation is 1. The fraction of sp³-hybridized carbons (Fsp3) is 0.333. The molecule has 0 spiro atoms. The van der Waals surface area contributed by atoms with Crippen LogP contribution < -0.4 is 5.32 Å². The summed E-state index contributed by atoms with van der Waals surface area (Å²) >= 11 is 1.45. The van der Waals surface area contributed by atoms with Crippen LogP contribution in [-0.4, -0.2) is 43.0 Å². The van der Waals surface area contributed by atoms with E-state index in [1.165, 1.54) is 11.3 Å². The van der Waals surface area contributed by atoms with Crippen LogP contribution in [0.3, 0.4) is 0 Å². The number of carbonyl (C=O) groups excluding carboxylic acids is 2. The predicted octanol–water partition coefficient (Wildman–Crippen LogP) is 3.09. The number of amides is 2. The molecule has 0 radical (unpaired) electrons. The number of morpholine rings is 1. The highest BCUT2D eigenvalue weighted by Crippen LogP contribution is 2.34. The zero-order valence-corrected chi connectivity index (χ0v) is 14.6. The SMILES string of the molecule is Cc1sc(NC(=O)c2ccccc2)c(C(=O)N2CCOCC2)c1C. The van der Waals surface area contributed by atoms with Gasteiger partial charge in [0.15, 0.2) is 0 Å². The minimum atomic E-state index is -0.201. The van der Waals surface area contributed by atoms with Crippen molar-refractivity contribution in [2.45, 2.75) is 13.8 Å². The molecule has 24 heavy (non-hydrogen) atoms. The lowest BCUT2D eigenvalue weighted by atomic mass is 10.1. The molecule has 1 aliphatic rings. The highest BCUT2D eigenvalue weighted by atomic mass is 32.1. The third-order valence-electron chi connectivity index (χ3n) is 4.16. The largest absolute Gasteiger partial charge is 0.378 e. The van der Waals surface area contributed by atoms with Crippen molar-refractivity contribution in [3.63, 3.8) is 0 Å². The van der Waals surface area contributed by atoms with E-state index in [1.807, 2.05) is 32.0 Å². The number of nitrogens with one attached hydrogen (secondary N) is 1. The lowest BCUT2D eigenvalue weighted by Crippen LogP contribution is -2.41. The Hall–Kier alpha value is -2.18. The molecule has 126 valence electrons. The molecule has 2 heterocycles. The first-order valence-electron chi connectivity index (χ1n) is 7.91. The van der Waals surface area contributed by atoms with Gasteiger partial charge in [0.05, 0.1) is 18.8 Å². The van der Waals surface area contributed by atoms with Gasteiger partial charge in [0.25, 0.3) is 11.8 Å². The van der Waals surface area contributed by atoms with Gasteiger partial charge in [0.2, 0.25) is 0 Å². The van der Waals surface area contributed by atoms with Crippen molar-refractivity contribution in [3.8, 4) is 0 Å². The summed E-state index contributed by atoms with van der Waals surface area (Å²) in [6.07, 6.45) is 0. The smallest absolute Gasteiger partial charge is 0.257 e. The van der Waals surface area contributed by atoms with Crippen molar-refractivity contribution in [2.75, 3.05) is 31.6 Å². The summed E-state index contributed by atoms with van der Waals surface area (Å²) in [4.78, 5) is 28.2. The molecule has 1 aliphatic heterocycles. The van der Waals surface area contributed by atoms with Gasteiger partial charge in [-0.1, -0.05) is 18.2 Å². The van der Waals surface area contributed by atoms with Crippen molar-refractivity contribution in [2.24, 2.45) is 0 Å². The molecule has 1 aromatic carbocycles. The Morgan fingerprint density at radius 3 is 2.46 bits per heavy atom. The summed E-state index contributed by atoms with van der Waals surface area (Å²) in [5.41, 5.74) is 2.11. The number of carbonyl (C=O) groups is 2. The van der Waals surface area contributed by atoms with E-state index < -0.39 is 0 Å². The maximum Gasteiger partial charge on any atom is 0.257 e. The second-order valence-corrected chi connectivity index (χ2v) is 6.94. The van der Waals surface area contributed by atoms with Gasteiger partial charge in [-0.05, 0) is 31.5 Å². The van der Waals surface area contributed by atoms with Crippen molar-refractivity contribution in [3.05, 3.63) is 51.9 Å². The average molecular weight is 344 g/mol. The zero-order valence-electron chi connectivity index (χ0n) is 13.8. The second-order valence-electron chi connectivity index (χ2n) is 5.71. The molecule has 0 bridgehead atoms. The molecular formula is C18H20N2O3S. The van der Waals surface area contributed by atoms with Gasteiger partial charge in [-0.2, -0.15) is 0 Å². The van der Waals surface area contributed by atoms with Crippen LogP contribution in [0, 0.1) is 13.8 Å². The summed E-state index contributed by atoms with van der Waals surface area (Å²) < 4.78 is 5.31. The topological polar surface area (TPSA) is 58.6 Å². The molecule has 0 saturated carbocycles. The number of anilines is 1. The molecule has 0 unspecified atom stereocenters. The summed E-state index contributed by atoms with van der Waals surface area (Å²) in [5.74, 6) is -0.239. The average Bonchev–Trinajstić information content (AvgIpc) is 2.89. The van der Waals surface area contributed by atoms with Gasteiger partial charge in [0, 0.05) is 23.5 Å². The first-order valence-corrected chi connectivity index (χ1v) is 8.73. The van der Waals surface area contributed by atoms with Crippen LogP contribution in [0.25, 0.3) is 0 Å². The molecule has 1 saturated heterocycles. The predicted molar refractivity (Wildman–Crippen MR) is 94.9 cm³/mol. The van der Waals surface area contributed by atoms with Crippen LogP contribution in [0.15, 0.2) is 30.3 Å². The van der Waals surface area contributed by atoms with E-state index in [9.17, 15) is 9.59 Å². The normalized spacial score (nSPS) is 14.5. The number of nitrogens with zero attached hydrogens (tertiary/aromatic N) is 1. The molecule has 6 heteroatoms. The first-order chi connectivity index (χ1) is 11.6. The van der Waals surface area contributed by atoms with Crippen LogP contribution in [0.5, 0.6) is 0 Å². The fourth-order valence-corrected chi connectivity index (χ4v) is 3.71. The number of hydrogen-bond acceptors (Lipinski definition) is 4. The number of hydrogen-bond donors (Lipinski definition) is 1. The Morgan fingerprint density at radius 1 is 1.12 bits per heavy atom. The summed E-state index contributed by atoms with van der Waals surface area (Å²) in [6, 6.07) is 9.01. The highest BCUT2D eigenvalue weighted by molar-refractivity contribution is 7.16. The second kappa shape index (κ2) is 7.15. The van der Waals surface area contributed by atoms with Crippen molar-refractivity contribution in [1.82, 2.24) is 4.90 Å². The maximum absolute atomic E-state index is 12.9. The molecule has 1 aromatic heterocycles. The van der Waals surface area contributed by atoms with Crippen LogP contribution in [-0.2, 0) is 4.74 Å². The maximum atomic E-state index is 12.9. The monoisotopic (exact) mass is 344 g/mol. The molecular weight excluding hydrogens is 324 g/mol. The van der Waals surface area contributed by atoms with Gasteiger partial charge in [-0.25, -0.2) is 0 Å². The van der Waals surface area contributed by atoms with Crippen molar-refractivity contribution >= 4 is 28.2 Å². The fourth-order valence-electron chi connectivity index (χ4n) is 2.66. The molecule has 5 nitrogen and oxygen atoms in total. The molecule has 0 atom stereocenters. The minimum absolute atomic E-state index is 0.0384. The first kappa shape index (κ1) is 16.7. The van der Waals surface area contributed by atoms with Gasteiger partial charge >= 0.3 is 0 Å². The quantitative estimate of drug-likeness (QED) is 0.931. The molecule has 1 fully saturated rings. The highest BCUT2D eigenvalue weighted by Gasteiger charge is 2.26. The molecule has 2 aromatic rings. The van der Waals surface area contributed by atoms with E-state index in [0.29, 0.717) is 42.4 Å². The van der Waals surface area contributed by atoms with Gasteiger partial charge in [0.1, 0.15) is 5.00 Å². The molecule has 2 amide bonds. The summed E-state index contributed by atoms with van der Waals surface area (Å²) in [5, 5.41) is 3.53. The van der Waals surface area contributed by atoms with Gasteiger partial charge < -0.3 is 15.0 Å². The standard InChI is InChI=1S/C18H20N2O3S/c1-12-13(2)24-17(19-16(21)14-6-4-3-5-7-14)15(12)18(22)20-8-10-23-11-9-20/h3-7H,8-11H2,1-2H3,(H,19,21). The van der Waals surface area contributed by atoms with E-state index in [1.54, 1.807) is 17.0 Å². The van der Waals surface area contributed by atoms with Crippen LogP contribution >= 0.6 is 11.3 Å². The number of ether oxygens (including phenoxy) is 1. The Balaban J connectivity index is 1.87. The van der Waals surface area contributed by atoms with Gasteiger partial charge in [-0.15, -0.1) is 11.3 Å². The van der Waals surface area contributed by atoms with Crippen LogP contribution in [0.2, 0.25) is 0 Å². The summed E-state index contributed by atoms with van der Waals surface area (Å²) in [7, 11) is 0. The van der Waals surface area contributed by atoms with E-state index >= 15 is 0 Å². The van der Waals surface area contributed by atoms with E-state index in [4.69, 9.17) is 4.74 Å². The molecule has 0 aliphatic carbocycles. The van der Waals surface area contributed by atoms with E-state index in [2.05, 4.69) is 5.32 Å². The lowest BCUT2D eigenvalue weighted by molar-refractivity contribution is 0.0303. The number of thiophene rings is 1. The van der Waals surface area contributed by atoms with E-state index in [-0.39, 0.29) is 11.8 Å². The third-order valence-corrected chi connectivity index (χ3v) is 5.28. The van der Waals surface area contributed by atoms with Crippen LogP contribution in [0.4, 0.5) is 5.00 Å². The van der Waals surface area contributed by atoms with Crippen molar-refractivity contribution < 1.29 is 14.3 Å². The molecule has 3 rings (SSSR count). The van der Waals surface area contributed by atoms with Gasteiger partial charge in [-0.3, -0.25) is 9.59 Å². The summed E-state index contributed by atoms with van der Waals surface area (Å²) in [6.45, 7) is 6.17. The zero-order chi connectivity index (χ0) is 17.1. The van der Waals surface area contributed by atoms with Crippen molar-refractivity contribution in [1.29, 1.82) is 0 Å². The Morgan fingerprint density at radius 2 is 1.79 bits per heavy atom. The Kier molecular flexibility index (Phi) is 4.97. The molecule has 1 N–H and O–H groups in total.